The van der Waals surface area contributed by atoms with Crippen LogP contribution in [-0.2, 0) is 13.2 Å². The normalized spacial score (nSPS) is 19.6. The number of aliphatic hydroxyl groups is 1. The molecule has 0 aromatic heterocycles. The minimum absolute atomic E-state index is 0. The van der Waals surface area contributed by atoms with Crippen LogP contribution >= 0.6 is 24.0 Å². The van der Waals surface area contributed by atoms with Crippen LogP contribution in [0.5, 0.6) is 5.75 Å². The number of nitrogens with one attached hydrogen (secondary N) is 2. The highest BCUT2D eigenvalue weighted by Gasteiger charge is 2.43. The van der Waals surface area contributed by atoms with E-state index in [4.69, 9.17) is 4.74 Å². The molecule has 0 radical (unpaired) electrons. The zero-order valence-corrected chi connectivity index (χ0v) is 19.5. The van der Waals surface area contributed by atoms with Gasteiger partial charge < -0.3 is 20.5 Å². The van der Waals surface area contributed by atoms with Crippen LogP contribution in [-0.4, -0.2) is 23.7 Å². The lowest BCUT2D eigenvalue weighted by Crippen LogP contribution is -2.46. The maximum atomic E-state index is 13.6. The number of aliphatic hydroxyl groups excluding tert-OH is 1. The second-order valence-electron chi connectivity index (χ2n) is 7.94. The Morgan fingerprint density at radius 2 is 2.00 bits per heavy atom. The summed E-state index contributed by atoms with van der Waals surface area (Å²) in [4.78, 5) is 4.38. The van der Waals surface area contributed by atoms with Crippen LogP contribution in [0.15, 0.2) is 47.5 Å². The van der Waals surface area contributed by atoms with Gasteiger partial charge in [0.25, 0.3) is 0 Å². The third kappa shape index (κ3) is 4.88. The summed E-state index contributed by atoms with van der Waals surface area (Å²) < 4.78 is 20.0. The number of hydrogen-bond donors (Lipinski definition) is 3. The molecular formula is C23H29FIN3O2. The molecule has 1 fully saturated rings. The molecule has 0 saturated heterocycles. The fourth-order valence-electron chi connectivity index (χ4n) is 4.48. The molecule has 0 bridgehead atoms. The molecule has 1 saturated carbocycles. The zero-order chi connectivity index (χ0) is 20.3. The zero-order valence-electron chi connectivity index (χ0n) is 17.2. The lowest BCUT2D eigenvalue weighted by atomic mass is 9.86. The van der Waals surface area contributed by atoms with Gasteiger partial charge in [-0.05, 0) is 49.4 Å². The van der Waals surface area contributed by atoms with Gasteiger partial charge in [-0.2, -0.15) is 0 Å². The molecule has 1 aliphatic carbocycles. The Morgan fingerprint density at radius 1 is 1.23 bits per heavy atom. The number of aliphatic imine (C=N–C) groups is 1. The predicted octanol–water partition coefficient (Wildman–Crippen LogP) is 4.44. The molecular weight excluding hydrogens is 496 g/mol. The molecule has 30 heavy (non-hydrogen) atoms. The summed E-state index contributed by atoms with van der Waals surface area (Å²) in [7, 11) is 1.75. The predicted molar refractivity (Wildman–Crippen MR) is 127 cm³/mol. The summed E-state index contributed by atoms with van der Waals surface area (Å²) in [5, 5.41) is 16.1. The fraction of sp³-hybridized carbons (Fsp3) is 0.435. The van der Waals surface area contributed by atoms with E-state index in [9.17, 15) is 9.50 Å². The van der Waals surface area contributed by atoms with Crippen LogP contribution in [0.2, 0.25) is 0 Å². The molecule has 162 valence electrons. The summed E-state index contributed by atoms with van der Waals surface area (Å²) >= 11 is 0. The number of rotatable bonds is 4. The van der Waals surface area contributed by atoms with Crippen LogP contribution in [0.4, 0.5) is 4.39 Å². The van der Waals surface area contributed by atoms with E-state index in [1.807, 2.05) is 18.2 Å². The maximum Gasteiger partial charge on any atom is 0.191 e. The summed E-state index contributed by atoms with van der Waals surface area (Å²) in [6.45, 7) is 0.177. The molecule has 2 aromatic rings. The van der Waals surface area contributed by atoms with Crippen LogP contribution in [0.1, 0.15) is 54.8 Å². The van der Waals surface area contributed by atoms with E-state index in [0.717, 1.165) is 36.1 Å². The summed E-state index contributed by atoms with van der Waals surface area (Å²) in [6, 6.07) is 13.1. The van der Waals surface area contributed by atoms with Crippen LogP contribution < -0.4 is 15.4 Å². The number of hydrogen-bond acceptors (Lipinski definition) is 3. The minimum Gasteiger partial charge on any atom is -0.487 e. The summed E-state index contributed by atoms with van der Waals surface area (Å²) in [5.74, 6) is 1.26. The van der Waals surface area contributed by atoms with Gasteiger partial charge in [0.15, 0.2) is 5.96 Å². The van der Waals surface area contributed by atoms with Crippen molar-refractivity contribution in [2.45, 2.75) is 56.9 Å². The first-order valence-corrected chi connectivity index (χ1v) is 10.3. The van der Waals surface area contributed by atoms with Gasteiger partial charge in [-0.15, -0.1) is 24.0 Å². The molecule has 2 aromatic carbocycles. The van der Waals surface area contributed by atoms with Crippen LogP contribution in [0.25, 0.3) is 0 Å². The number of benzene rings is 2. The Morgan fingerprint density at radius 3 is 2.73 bits per heavy atom. The molecule has 5 nitrogen and oxygen atoms in total. The highest BCUT2D eigenvalue weighted by Crippen LogP contribution is 2.46. The molecule has 1 unspecified atom stereocenters. The van der Waals surface area contributed by atoms with E-state index < -0.39 is 0 Å². The van der Waals surface area contributed by atoms with Gasteiger partial charge in [-0.25, -0.2) is 4.39 Å². The largest absolute Gasteiger partial charge is 0.487 e. The quantitative estimate of drug-likeness (QED) is 0.314. The molecule has 1 atom stereocenters. The number of ether oxygens (including phenoxy) is 1. The number of guanidine groups is 1. The van der Waals surface area contributed by atoms with Crippen molar-refractivity contribution in [1.29, 1.82) is 0 Å². The molecule has 1 heterocycles. The third-order valence-electron chi connectivity index (χ3n) is 5.99. The molecule has 0 amide bonds. The van der Waals surface area contributed by atoms with E-state index in [2.05, 4.69) is 21.7 Å². The lowest BCUT2D eigenvalue weighted by molar-refractivity contribution is 0.0396. The molecule has 3 N–H and O–H groups in total. The Kier molecular flexibility index (Phi) is 7.57. The lowest BCUT2D eigenvalue weighted by Gasteiger charge is -2.40. The van der Waals surface area contributed by atoms with Crippen molar-refractivity contribution in [3.8, 4) is 5.75 Å². The van der Waals surface area contributed by atoms with E-state index in [0.29, 0.717) is 18.1 Å². The van der Waals surface area contributed by atoms with Crippen molar-refractivity contribution in [2.24, 2.45) is 4.99 Å². The molecule has 7 heteroatoms. The Hall–Kier alpha value is -1.87. The first-order valence-electron chi connectivity index (χ1n) is 10.3. The van der Waals surface area contributed by atoms with Crippen molar-refractivity contribution < 1.29 is 14.2 Å². The van der Waals surface area contributed by atoms with Crippen molar-refractivity contribution in [3.05, 3.63) is 65.0 Å². The Bertz CT molecular complexity index is 900. The third-order valence-corrected chi connectivity index (χ3v) is 5.99. The Labute approximate surface area is 194 Å². The molecule has 1 spiro atoms. The van der Waals surface area contributed by atoms with E-state index in [1.165, 1.54) is 18.9 Å². The van der Waals surface area contributed by atoms with Gasteiger partial charge in [-0.1, -0.05) is 24.3 Å². The van der Waals surface area contributed by atoms with E-state index in [1.54, 1.807) is 19.2 Å². The summed E-state index contributed by atoms with van der Waals surface area (Å²) in [6.07, 6.45) is 5.51. The fourth-order valence-corrected chi connectivity index (χ4v) is 4.48. The van der Waals surface area contributed by atoms with E-state index >= 15 is 0 Å². The van der Waals surface area contributed by atoms with Crippen molar-refractivity contribution in [1.82, 2.24) is 10.6 Å². The average Bonchev–Trinajstić information content (AvgIpc) is 3.19. The van der Waals surface area contributed by atoms with Crippen molar-refractivity contribution in [3.63, 3.8) is 0 Å². The van der Waals surface area contributed by atoms with Gasteiger partial charge in [0, 0.05) is 31.1 Å². The smallest absolute Gasteiger partial charge is 0.191 e. The van der Waals surface area contributed by atoms with Gasteiger partial charge in [0.1, 0.15) is 17.2 Å². The van der Waals surface area contributed by atoms with Gasteiger partial charge in [0.2, 0.25) is 0 Å². The molecule has 4 rings (SSSR count). The Balaban J connectivity index is 0.00000256. The van der Waals surface area contributed by atoms with Crippen LogP contribution in [0, 0.1) is 5.82 Å². The van der Waals surface area contributed by atoms with Gasteiger partial charge >= 0.3 is 0 Å². The molecule has 2 aliphatic rings. The number of nitrogens with zero attached hydrogens (tertiary/aromatic N) is 1. The number of para-hydroxylation sites is 1. The topological polar surface area (TPSA) is 65.9 Å². The van der Waals surface area contributed by atoms with Crippen molar-refractivity contribution >= 4 is 29.9 Å². The summed E-state index contributed by atoms with van der Waals surface area (Å²) in [5.41, 5.74) is 2.25. The standard InChI is InChI=1S/C23H28FN3O2.HI/c1-25-22(26-14-16-8-9-19(24)17(12-16)15-28)27-20-13-23(10-4-5-11-23)29-21-7-3-2-6-18(20)21;/h2-3,6-9,12,20,28H,4-5,10-11,13-15H2,1H3,(H2,25,26,27);1H. The highest BCUT2D eigenvalue weighted by atomic mass is 127. The first kappa shape index (κ1) is 22.8. The van der Waals surface area contributed by atoms with Gasteiger partial charge in [-0.3, -0.25) is 4.99 Å². The minimum atomic E-state index is -0.389. The molecule has 1 aliphatic heterocycles. The SMILES string of the molecule is CN=C(NCc1ccc(F)c(CO)c1)NC1CC2(CCCC2)Oc2ccccc21.I. The van der Waals surface area contributed by atoms with E-state index in [-0.39, 0.29) is 48.0 Å². The monoisotopic (exact) mass is 525 g/mol. The maximum absolute atomic E-state index is 13.6. The van der Waals surface area contributed by atoms with Crippen molar-refractivity contribution in [2.75, 3.05) is 7.05 Å². The second kappa shape index (κ2) is 9.96. The second-order valence-corrected chi connectivity index (χ2v) is 7.94. The van der Waals surface area contributed by atoms with Crippen LogP contribution in [0.3, 0.4) is 0 Å². The highest BCUT2D eigenvalue weighted by molar-refractivity contribution is 14.0. The number of fused-ring (bicyclic) bond motifs is 1. The van der Waals surface area contributed by atoms with Gasteiger partial charge in [0.05, 0.1) is 12.6 Å². The first-order chi connectivity index (χ1) is 14.1. The average molecular weight is 525 g/mol. The number of halogens is 2.